The Kier molecular flexibility index (Phi) is 4.28. The molecule has 4 aliphatic carbocycles. The second-order valence-electron chi connectivity index (χ2n) is 9.73. The molecule has 1 aromatic heterocycles. The van der Waals surface area contributed by atoms with Crippen LogP contribution in [0.3, 0.4) is 0 Å². The zero-order valence-electron chi connectivity index (χ0n) is 16.9. The van der Waals surface area contributed by atoms with E-state index in [1.807, 2.05) is 54.6 Å². The number of amides is 1. The highest BCUT2D eigenvalue weighted by Crippen LogP contribution is 2.55. The van der Waals surface area contributed by atoms with E-state index in [0.29, 0.717) is 0 Å². The topological polar surface area (TPSA) is 42.0 Å². The van der Waals surface area contributed by atoms with Gasteiger partial charge in [0.05, 0.1) is 16.8 Å². The smallest absolute Gasteiger partial charge is 0.252 e. The third-order valence-corrected chi connectivity index (χ3v) is 8.05. The molecule has 4 aliphatic rings. The van der Waals surface area contributed by atoms with Crippen LogP contribution < -0.4 is 5.32 Å². The predicted molar refractivity (Wildman–Crippen MR) is 123 cm³/mol. The first-order valence-electron chi connectivity index (χ1n) is 11.1. The molecule has 0 spiro atoms. The van der Waals surface area contributed by atoms with Gasteiger partial charge in [-0.15, -0.1) is 0 Å². The number of nitrogens with one attached hydrogen (secondary N) is 1. The molecule has 30 heavy (non-hydrogen) atoms. The molecule has 1 N–H and O–H groups in total. The standard InChI is InChI=1S/C26H25BrN2O/c27-20-7-5-19(6-8-20)24-12-22(21-3-1-2-4-23(21)28-24)25(30)29-26-13-16-9-17(14-26)11-18(10-16)15-26/h1-8,12,16-18H,9-11,13-15H2,(H,29,30). The van der Waals surface area contributed by atoms with Crippen molar-refractivity contribution in [2.45, 2.75) is 44.1 Å². The van der Waals surface area contributed by atoms with Crippen molar-refractivity contribution in [2.24, 2.45) is 17.8 Å². The summed E-state index contributed by atoms with van der Waals surface area (Å²) in [6.45, 7) is 0. The lowest BCUT2D eigenvalue weighted by atomic mass is 9.53. The number of pyridine rings is 1. The van der Waals surface area contributed by atoms with Crippen LogP contribution in [0.2, 0.25) is 0 Å². The van der Waals surface area contributed by atoms with Crippen molar-refractivity contribution in [1.29, 1.82) is 0 Å². The third-order valence-electron chi connectivity index (χ3n) is 7.52. The molecule has 0 saturated heterocycles. The van der Waals surface area contributed by atoms with Gasteiger partial charge in [-0.05, 0) is 80.5 Å². The number of carbonyl (C=O) groups excluding carboxylic acids is 1. The molecule has 7 rings (SSSR count). The van der Waals surface area contributed by atoms with Crippen molar-refractivity contribution >= 4 is 32.7 Å². The number of nitrogens with zero attached hydrogens (tertiary/aromatic N) is 1. The predicted octanol–water partition coefficient (Wildman–Crippen LogP) is 6.36. The average molecular weight is 461 g/mol. The summed E-state index contributed by atoms with van der Waals surface area (Å²) >= 11 is 3.50. The molecule has 0 unspecified atom stereocenters. The van der Waals surface area contributed by atoms with Crippen LogP contribution in [0, 0.1) is 17.8 Å². The van der Waals surface area contributed by atoms with Crippen molar-refractivity contribution in [2.75, 3.05) is 0 Å². The van der Waals surface area contributed by atoms with Gasteiger partial charge in [0.15, 0.2) is 0 Å². The highest BCUT2D eigenvalue weighted by molar-refractivity contribution is 9.10. The van der Waals surface area contributed by atoms with Crippen LogP contribution >= 0.6 is 15.9 Å². The van der Waals surface area contributed by atoms with Gasteiger partial charge in [0.1, 0.15) is 0 Å². The van der Waals surface area contributed by atoms with Crippen LogP contribution in [0.5, 0.6) is 0 Å². The van der Waals surface area contributed by atoms with Gasteiger partial charge in [0.2, 0.25) is 0 Å². The number of benzene rings is 2. The van der Waals surface area contributed by atoms with E-state index in [2.05, 4.69) is 21.2 Å². The quantitative estimate of drug-likeness (QED) is 0.493. The summed E-state index contributed by atoms with van der Waals surface area (Å²) in [7, 11) is 0. The van der Waals surface area contributed by atoms with Crippen molar-refractivity contribution < 1.29 is 4.79 Å². The maximum atomic E-state index is 13.6. The highest BCUT2D eigenvalue weighted by atomic mass is 79.9. The molecule has 4 saturated carbocycles. The zero-order chi connectivity index (χ0) is 20.3. The second kappa shape index (κ2) is 6.91. The molecule has 0 atom stereocenters. The van der Waals surface area contributed by atoms with E-state index >= 15 is 0 Å². The number of para-hydroxylation sites is 1. The van der Waals surface area contributed by atoms with Gasteiger partial charge in [-0.3, -0.25) is 4.79 Å². The SMILES string of the molecule is O=C(NC12CC3CC(CC(C3)C1)C2)c1cc(-c2ccc(Br)cc2)nc2ccccc12. The Labute approximate surface area is 185 Å². The lowest BCUT2D eigenvalue weighted by molar-refractivity contribution is -0.0166. The number of hydrogen-bond donors (Lipinski definition) is 1. The summed E-state index contributed by atoms with van der Waals surface area (Å²) in [4.78, 5) is 18.5. The lowest BCUT2D eigenvalue weighted by Gasteiger charge is -2.56. The van der Waals surface area contributed by atoms with Crippen molar-refractivity contribution in [3.63, 3.8) is 0 Å². The molecule has 0 radical (unpaired) electrons. The van der Waals surface area contributed by atoms with Gasteiger partial charge < -0.3 is 5.32 Å². The minimum Gasteiger partial charge on any atom is -0.347 e. The molecule has 3 aromatic rings. The van der Waals surface area contributed by atoms with Crippen molar-refractivity contribution in [1.82, 2.24) is 10.3 Å². The summed E-state index contributed by atoms with van der Waals surface area (Å²) in [6.07, 6.45) is 7.61. The van der Waals surface area contributed by atoms with Crippen LogP contribution in [-0.2, 0) is 0 Å². The summed E-state index contributed by atoms with van der Waals surface area (Å²) in [6, 6.07) is 18.1. The first-order chi connectivity index (χ1) is 14.6. The molecule has 0 aliphatic heterocycles. The molecule has 3 nitrogen and oxygen atoms in total. The van der Waals surface area contributed by atoms with E-state index in [0.717, 1.165) is 69.2 Å². The van der Waals surface area contributed by atoms with Gasteiger partial charge in [-0.25, -0.2) is 4.98 Å². The van der Waals surface area contributed by atoms with Gasteiger partial charge >= 0.3 is 0 Å². The van der Waals surface area contributed by atoms with E-state index in [1.54, 1.807) is 0 Å². The number of carbonyl (C=O) groups is 1. The van der Waals surface area contributed by atoms with E-state index in [4.69, 9.17) is 4.98 Å². The third kappa shape index (κ3) is 3.17. The molecule has 4 fully saturated rings. The Morgan fingerprint density at radius 2 is 1.57 bits per heavy atom. The van der Waals surface area contributed by atoms with E-state index in [9.17, 15) is 4.79 Å². The number of hydrogen-bond acceptors (Lipinski definition) is 2. The molecular weight excluding hydrogens is 436 g/mol. The number of halogens is 1. The van der Waals surface area contributed by atoms with E-state index in [1.165, 1.54) is 19.3 Å². The Morgan fingerprint density at radius 1 is 0.933 bits per heavy atom. The minimum atomic E-state index is 0.00792. The van der Waals surface area contributed by atoms with Crippen molar-refractivity contribution in [3.05, 3.63) is 64.6 Å². The van der Waals surface area contributed by atoms with Crippen LogP contribution in [0.15, 0.2) is 59.1 Å². The van der Waals surface area contributed by atoms with Gasteiger partial charge in [-0.1, -0.05) is 46.3 Å². The van der Waals surface area contributed by atoms with E-state index in [-0.39, 0.29) is 11.4 Å². The van der Waals surface area contributed by atoms with Crippen LogP contribution in [-0.4, -0.2) is 16.4 Å². The van der Waals surface area contributed by atoms with Crippen LogP contribution in [0.1, 0.15) is 48.9 Å². The molecule has 4 bridgehead atoms. The van der Waals surface area contributed by atoms with E-state index < -0.39 is 0 Å². The second-order valence-corrected chi connectivity index (χ2v) is 10.6. The first kappa shape index (κ1) is 18.6. The molecule has 1 heterocycles. The average Bonchev–Trinajstić information content (AvgIpc) is 2.72. The van der Waals surface area contributed by atoms with Crippen LogP contribution in [0.25, 0.3) is 22.2 Å². The Hall–Kier alpha value is -2.20. The Bertz CT molecular complexity index is 1100. The fourth-order valence-electron chi connectivity index (χ4n) is 6.70. The molecule has 152 valence electrons. The summed E-state index contributed by atoms with van der Waals surface area (Å²) < 4.78 is 1.03. The van der Waals surface area contributed by atoms with Gasteiger partial charge in [0, 0.05) is 21.0 Å². The van der Waals surface area contributed by atoms with Crippen LogP contribution in [0.4, 0.5) is 0 Å². The number of aromatic nitrogens is 1. The fraction of sp³-hybridized carbons (Fsp3) is 0.385. The summed E-state index contributed by atoms with van der Waals surface area (Å²) in [5.41, 5.74) is 3.49. The molecule has 2 aromatic carbocycles. The fourth-order valence-corrected chi connectivity index (χ4v) is 6.97. The summed E-state index contributed by atoms with van der Waals surface area (Å²) in [5, 5.41) is 4.48. The largest absolute Gasteiger partial charge is 0.347 e. The lowest BCUT2D eigenvalue weighted by Crippen LogP contribution is -2.59. The Morgan fingerprint density at radius 3 is 2.23 bits per heavy atom. The normalized spacial score (nSPS) is 29.3. The van der Waals surface area contributed by atoms with Gasteiger partial charge in [0.25, 0.3) is 5.91 Å². The molecule has 4 heteroatoms. The molecule has 1 amide bonds. The minimum absolute atomic E-state index is 0.00792. The summed E-state index contributed by atoms with van der Waals surface area (Å²) in [5.74, 6) is 2.49. The highest BCUT2D eigenvalue weighted by Gasteiger charge is 2.51. The molecular formula is C26H25BrN2O. The zero-order valence-corrected chi connectivity index (χ0v) is 18.5. The maximum Gasteiger partial charge on any atom is 0.252 e. The van der Waals surface area contributed by atoms with Gasteiger partial charge in [-0.2, -0.15) is 0 Å². The number of rotatable bonds is 3. The van der Waals surface area contributed by atoms with Crippen molar-refractivity contribution in [3.8, 4) is 11.3 Å². The maximum absolute atomic E-state index is 13.6. The number of fused-ring (bicyclic) bond motifs is 1. The first-order valence-corrected chi connectivity index (χ1v) is 11.8. The Balaban J connectivity index is 1.39. The monoisotopic (exact) mass is 460 g/mol.